The van der Waals surface area contributed by atoms with Gasteiger partial charge in [-0.2, -0.15) is 0 Å². The molecule has 58 valence electrons. The molecule has 0 amide bonds. The maximum Gasteiger partial charge on any atom is 0.303 e. The van der Waals surface area contributed by atoms with Crippen molar-refractivity contribution in [3.63, 3.8) is 0 Å². The van der Waals surface area contributed by atoms with Gasteiger partial charge in [-0.25, -0.2) is 0 Å². The summed E-state index contributed by atoms with van der Waals surface area (Å²) in [5, 5.41) is 0. The minimum absolute atomic E-state index is 0.192. The van der Waals surface area contributed by atoms with Gasteiger partial charge in [-0.1, -0.05) is 12.2 Å². The van der Waals surface area contributed by atoms with Crippen molar-refractivity contribution in [2.24, 2.45) is 0 Å². The fourth-order valence-corrected chi connectivity index (χ4v) is 0.781. The van der Waals surface area contributed by atoms with Crippen molar-refractivity contribution in [2.45, 2.75) is 13.0 Å². The van der Waals surface area contributed by atoms with Crippen LogP contribution in [0, 0.1) is 0 Å². The number of ketones is 1. The molecule has 0 aromatic heterocycles. The Morgan fingerprint density at radius 3 is 2.82 bits per heavy atom. The van der Waals surface area contributed by atoms with E-state index in [-0.39, 0.29) is 5.78 Å². The van der Waals surface area contributed by atoms with Gasteiger partial charge in [0.25, 0.3) is 0 Å². The van der Waals surface area contributed by atoms with Crippen LogP contribution >= 0.6 is 0 Å². The highest BCUT2D eigenvalue weighted by molar-refractivity contribution is 5.97. The zero-order chi connectivity index (χ0) is 8.27. The fraction of sp³-hybridized carbons (Fsp3) is 0.250. The Kier molecular flexibility index (Phi) is 2.21. The Balaban J connectivity index is 2.59. The van der Waals surface area contributed by atoms with Crippen LogP contribution in [-0.4, -0.2) is 17.9 Å². The van der Waals surface area contributed by atoms with Gasteiger partial charge in [0.05, 0.1) is 0 Å². The highest BCUT2D eigenvalue weighted by atomic mass is 16.5. The quantitative estimate of drug-likeness (QED) is 0.517. The number of allylic oxidation sites excluding steroid dienone is 2. The van der Waals surface area contributed by atoms with Crippen molar-refractivity contribution >= 4 is 11.8 Å². The predicted molar refractivity (Wildman–Crippen MR) is 38.8 cm³/mol. The van der Waals surface area contributed by atoms with Crippen LogP contribution in [0.1, 0.15) is 6.92 Å². The van der Waals surface area contributed by atoms with Crippen molar-refractivity contribution < 1.29 is 14.3 Å². The van der Waals surface area contributed by atoms with E-state index < -0.39 is 12.1 Å². The van der Waals surface area contributed by atoms with E-state index in [4.69, 9.17) is 0 Å². The molecular formula is C8H8O3. The van der Waals surface area contributed by atoms with Crippen LogP contribution in [0.15, 0.2) is 24.3 Å². The van der Waals surface area contributed by atoms with E-state index in [0.29, 0.717) is 0 Å². The molecule has 3 heteroatoms. The summed E-state index contributed by atoms with van der Waals surface area (Å²) >= 11 is 0. The zero-order valence-corrected chi connectivity index (χ0v) is 6.11. The van der Waals surface area contributed by atoms with Crippen molar-refractivity contribution in [1.29, 1.82) is 0 Å². The number of carbonyl (C=O) groups excluding carboxylic acids is 2. The summed E-state index contributed by atoms with van der Waals surface area (Å²) in [5.74, 6) is -0.633. The first-order chi connectivity index (χ1) is 5.20. The molecule has 1 atom stereocenters. The molecule has 0 aliphatic heterocycles. The zero-order valence-electron chi connectivity index (χ0n) is 6.11. The molecule has 1 aliphatic carbocycles. The average Bonchev–Trinajstić information content (AvgIpc) is 1.93. The maximum atomic E-state index is 10.9. The van der Waals surface area contributed by atoms with Gasteiger partial charge in [-0.15, -0.1) is 0 Å². The fourth-order valence-electron chi connectivity index (χ4n) is 0.781. The Morgan fingerprint density at radius 2 is 2.27 bits per heavy atom. The van der Waals surface area contributed by atoms with Crippen molar-refractivity contribution in [3.8, 4) is 0 Å². The minimum atomic E-state index is -0.711. The Labute approximate surface area is 64.3 Å². The molecule has 0 saturated carbocycles. The van der Waals surface area contributed by atoms with E-state index >= 15 is 0 Å². The molecule has 0 aromatic carbocycles. The van der Waals surface area contributed by atoms with Crippen LogP contribution in [0.2, 0.25) is 0 Å². The highest BCUT2D eigenvalue weighted by Crippen LogP contribution is 2.03. The van der Waals surface area contributed by atoms with Gasteiger partial charge in [-0.3, -0.25) is 9.59 Å². The molecule has 0 spiro atoms. The Bertz CT molecular complexity index is 238. The van der Waals surface area contributed by atoms with Gasteiger partial charge >= 0.3 is 5.97 Å². The van der Waals surface area contributed by atoms with Crippen LogP contribution in [0.3, 0.4) is 0 Å². The Morgan fingerprint density at radius 1 is 1.55 bits per heavy atom. The number of rotatable bonds is 1. The number of ether oxygens (including phenoxy) is 1. The van der Waals surface area contributed by atoms with Crippen LogP contribution in [0.5, 0.6) is 0 Å². The summed E-state index contributed by atoms with van der Waals surface area (Å²) in [7, 11) is 0. The van der Waals surface area contributed by atoms with Gasteiger partial charge in [0.1, 0.15) is 0 Å². The smallest absolute Gasteiger partial charge is 0.303 e. The number of hydrogen-bond donors (Lipinski definition) is 0. The average molecular weight is 152 g/mol. The van der Waals surface area contributed by atoms with E-state index in [0.717, 1.165) is 0 Å². The molecule has 0 saturated heterocycles. The lowest BCUT2D eigenvalue weighted by atomic mass is 10.1. The largest absolute Gasteiger partial charge is 0.450 e. The van der Waals surface area contributed by atoms with E-state index in [2.05, 4.69) is 4.74 Å². The van der Waals surface area contributed by atoms with Crippen molar-refractivity contribution in [1.82, 2.24) is 0 Å². The van der Waals surface area contributed by atoms with Crippen LogP contribution in [0.25, 0.3) is 0 Å². The van der Waals surface area contributed by atoms with E-state index in [9.17, 15) is 9.59 Å². The van der Waals surface area contributed by atoms with Gasteiger partial charge in [0.15, 0.2) is 11.9 Å². The standard InChI is InChI=1S/C8H8O3/c1-6(9)11-8-5-3-2-4-7(8)10/h2-5,8H,1H3. The summed E-state index contributed by atoms with van der Waals surface area (Å²) in [5.41, 5.74) is 0. The van der Waals surface area contributed by atoms with Crippen LogP contribution < -0.4 is 0 Å². The van der Waals surface area contributed by atoms with Gasteiger partial charge in [0.2, 0.25) is 0 Å². The van der Waals surface area contributed by atoms with Gasteiger partial charge in [0, 0.05) is 6.92 Å². The molecule has 3 nitrogen and oxygen atoms in total. The van der Waals surface area contributed by atoms with Gasteiger partial charge < -0.3 is 4.74 Å². The molecule has 0 radical (unpaired) electrons. The third-order valence-corrected chi connectivity index (χ3v) is 1.23. The summed E-state index contributed by atoms with van der Waals surface area (Å²) in [6, 6.07) is 0. The second-order valence-electron chi connectivity index (χ2n) is 2.18. The molecule has 0 bridgehead atoms. The van der Waals surface area contributed by atoms with Crippen molar-refractivity contribution in [2.75, 3.05) is 0 Å². The molecule has 0 fully saturated rings. The first kappa shape index (κ1) is 7.72. The molecule has 1 rings (SSSR count). The summed E-state index contributed by atoms with van der Waals surface area (Å²) in [6.45, 7) is 1.28. The first-order valence-corrected chi connectivity index (χ1v) is 3.26. The summed E-state index contributed by atoms with van der Waals surface area (Å²) < 4.78 is 4.68. The van der Waals surface area contributed by atoms with E-state index in [1.165, 1.54) is 13.0 Å². The minimum Gasteiger partial charge on any atom is -0.450 e. The molecule has 11 heavy (non-hydrogen) atoms. The number of esters is 1. The lowest BCUT2D eigenvalue weighted by molar-refractivity contribution is -0.148. The SMILES string of the molecule is CC(=O)OC1C=CC=CC1=O. The second-order valence-corrected chi connectivity index (χ2v) is 2.18. The monoisotopic (exact) mass is 152 g/mol. The van der Waals surface area contributed by atoms with Gasteiger partial charge in [-0.05, 0) is 12.2 Å². The third kappa shape index (κ3) is 2.04. The van der Waals surface area contributed by atoms with E-state index in [1.54, 1.807) is 18.2 Å². The molecular weight excluding hydrogens is 144 g/mol. The van der Waals surface area contributed by atoms with E-state index in [1.807, 2.05) is 0 Å². The summed E-state index contributed by atoms with van der Waals surface area (Å²) in [4.78, 5) is 21.3. The molecule has 0 aromatic rings. The molecule has 1 aliphatic rings. The van der Waals surface area contributed by atoms with Crippen LogP contribution in [0.4, 0.5) is 0 Å². The lowest BCUT2D eigenvalue weighted by Gasteiger charge is -2.10. The maximum absolute atomic E-state index is 10.9. The predicted octanol–water partition coefficient (Wildman–Crippen LogP) is 0.613. The highest BCUT2D eigenvalue weighted by Gasteiger charge is 2.16. The Hall–Kier alpha value is -1.38. The normalized spacial score (nSPS) is 21.9. The van der Waals surface area contributed by atoms with Crippen LogP contribution in [-0.2, 0) is 14.3 Å². The number of hydrogen-bond acceptors (Lipinski definition) is 3. The lowest BCUT2D eigenvalue weighted by Crippen LogP contribution is -2.23. The second kappa shape index (κ2) is 3.14. The topological polar surface area (TPSA) is 43.4 Å². The molecule has 0 N–H and O–H groups in total. The number of carbonyl (C=O) groups is 2. The third-order valence-electron chi connectivity index (χ3n) is 1.23. The first-order valence-electron chi connectivity index (χ1n) is 3.26. The summed E-state index contributed by atoms with van der Waals surface area (Å²) in [6.07, 6.45) is 5.51. The molecule has 0 heterocycles. The molecule has 1 unspecified atom stereocenters. The van der Waals surface area contributed by atoms with Crippen molar-refractivity contribution in [3.05, 3.63) is 24.3 Å².